The molecular weight excluding hydrogens is 349 g/mol. The van der Waals surface area contributed by atoms with E-state index < -0.39 is 18.0 Å². The lowest BCUT2D eigenvalue weighted by Crippen LogP contribution is -2.36. The van der Waals surface area contributed by atoms with E-state index in [0.29, 0.717) is 24.2 Å². The van der Waals surface area contributed by atoms with E-state index >= 15 is 0 Å². The predicted octanol–water partition coefficient (Wildman–Crippen LogP) is 2.41. The minimum absolute atomic E-state index is 0.0272. The standard InChI is InChI=1S/C17H19F3N4O2/c1-2-7-24(11-14(25)13-10-21-5-6-22-13)16(26)8-12-3-4-15(23-9-12)17(18,19)20/h3-6,9-10,14,25H,2,7-8,11H2,1H3. The Balaban J connectivity index is 2.03. The molecule has 0 saturated heterocycles. The number of carbonyl (C=O) groups excluding carboxylic acids is 1. The Labute approximate surface area is 148 Å². The number of rotatable bonds is 7. The zero-order valence-electron chi connectivity index (χ0n) is 14.1. The van der Waals surface area contributed by atoms with Crippen LogP contribution in [0.4, 0.5) is 13.2 Å². The van der Waals surface area contributed by atoms with Crippen LogP contribution in [0.5, 0.6) is 0 Å². The molecule has 1 amide bonds. The molecule has 0 aliphatic rings. The smallest absolute Gasteiger partial charge is 0.385 e. The molecule has 0 aromatic carbocycles. The van der Waals surface area contributed by atoms with Crippen LogP contribution in [0.2, 0.25) is 0 Å². The summed E-state index contributed by atoms with van der Waals surface area (Å²) in [5.74, 6) is -0.309. The van der Waals surface area contributed by atoms with Crippen LogP contribution in [0.15, 0.2) is 36.9 Å². The molecule has 2 aromatic rings. The first-order chi connectivity index (χ1) is 12.3. The highest BCUT2D eigenvalue weighted by Crippen LogP contribution is 2.27. The Bertz CT molecular complexity index is 708. The third-order valence-electron chi connectivity index (χ3n) is 3.63. The fourth-order valence-corrected chi connectivity index (χ4v) is 2.36. The van der Waals surface area contributed by atoms with Crippen molar-refractivity contribution < 1.29 is 23.1 Å². The summed E-state index contributed by atoms with van der Waals surface area (Å²) in [4.78, 5) is 25.2. The van der Waals surface area contributed by atoms with Gasteiger partial charge in [0.15, 0.2) is 0 Å². The number of carbonyl (C=O) groups is 1. The van der Waals surface area contributed by atoms with E-state index in [4.69, 9.17) is 0 Å². The van der Waals surface area contributed by atoms with Crippen LogP contribution in [-0.2, 0) is 17.4 Å². The van der Waals surface area contributed by atoms with Crippen LogP contribution in [0.3, 0.4) is 0 Å². The number of aromatic nitrogens is 3. The molecule has 2 rings (SSSR count). The highest BCUT2D eigenvalue weighted by Gasteiger charge is 2.32. The molecule has 1 atom stereocenters. The average Bonchev–Trinajstić information content (AvgIpc) is 2.61. The van der Waals surface area contributed by atoms with Crippen molar-refractivity contribution in [2.24, 2.45) is 0 Å². The first-order valence-corrected chi connectivity index (χ1v) is 8.05. The van der Waals surface area contributed by atoms with Gasteiger partial charge in [-0.25, -0.2) is 0 Å². The first kappa shape index (κ1) is 19.8. The molecule has 0 aliphatic carbocycles. The van der Waals surface area contributed by atoms with Gasteiger partial charge in [0, 0.05) is 25.1 Å². The van der Waals surface area contributed by atoms with Gasteiger partial charge in [-0.15, -0.1) is 0 Å². The predicted molar refractivity (Wildman–Crippen MR) is 86.8 cm³/mol. The zero-order valence-corrected chi connectivity index (χ0v) is 14.1. The maximum absolute atomic E-state index is 12.5. The highest BCUT2D eigenvalue weighted by atomic mass is 19.4. The molecule has 2 heterocycles. The summed E-state index contributed by atoms with van der Waals surface area (Å²) in [5, 5.41) is 10.2. The van der Waals surface area contributed by atoms with Crippen LogP contribution in [0, 0.1) is 0 Å². The van der Waals surface area contributed by atoms with Gasteiger partial charge < -0.3 is 10.0 Å². The van der Waals surface area contributed by atoms with Gasteiger partial charge in [-0.05, 0) is 18.1 Å². The van der Waals surface area contributed by atoms with Crippen LogP contribution < -0.4 is 0 Å². The minimum Gasteiger partial charge on any atom is -0.385 e. The van der Waals surface area contributed by atoms with Gasteiger partial charge in [0.25, 0.3) is 0 Å². The molecule has 9 heteroatoms. The Morgan fingerprint density at radius 3 is 2.54 bits per heavy atom. The molecular formula is C17H19F3N4O2. The lowest BCUT2D eigenvalue weighted by atomic mass is 10.1. The van der Waals surface area contributed by atoms with Crippen LogP contribution in [0.1, 0.15) is 36.4 Å². The van der Waals surface area contributed by atoms with Crippen molar-refractivity contribution in [3.8, 4) is 0 Å². The van der Waals surface area contributed by atoms with Gasteiger partial charge in [-0.2, -0.15) is 13.2 Å². The van der Waals surface area contributed by atoms with Crippen LogP contribution in [0.25, 0.3) is 0 Å². The molecule has 0 spiro atoms. The van der Waals surface area contributed by atoms with Crippen LogP contribution in [-0.4, -0.2) is 44.0 Å². The molecule has 0 fully saturated rings. The Kier molecular flexibility index (Phi) is 6.62. The summed E-state index contributed by atoms with van der Waals surface area (Å²) >= 11 is 0. The number of hydrogen-bond donors (Lipinski definition) is 1. The van der Waals surface area contributed by atoms with Crippen molar-refractivity contribution in [1.82, 2.24) is 19.9 Å². The highest BCUT2D eigenvalue weighted by molar-refractivity contribution is 5.78. The molecule has 6 nitrogen and oxygen atoms in total. The second kappa shape index (κ2) is 8.70. The van der Waals surface area contributed by atoms with Gasteiger partial charge >= 0.3 is 6.18 Å². The Hall–Kier alpha value is -2.55. The van der Waals surface area contributed by atoms with E-state index in [0.717, 1.165) is 12.3 Å². The van der Waals surface area contributed by atoms with Crippen molar-refractivity contribution in [2.75, 3.05) is 13.1 Å². The topological polar surface area (TPSA) is 79.2 Å². The van der Waals surface area contributed by atoms with Crippen molar-refractivity contribution in [3.05, 3.63) is 53.9 Å². The largest absolute Gasteiger partial charge is 0.433 e. The molecule has 0 bridgehead atoms. The van der Waals surface area contributed by atoms with Crippen molar-refractivity contribution in [1.29, 1.82) is 0 Å². The maximum Gasteiger partial charge on any atom is 0.433 e. The van der Waals surface area contributed by atoms with Gasteiger partial charge in [-0.3, -0.25) is 19.7 Å². The summed E-state index contributed by atoms with van der Waals surface area (Å²) in [5.41, 5.74) is -0.284. The number of aliphatic hydroxyl groups excluding tert-OH is 1. The quantitative estimate of drug-likeness (QED) is 0.812. The monoisotopic (exact) mass is 368 g/mol. The zero-order chi connectivity index (χ0) is 19.2. The van der Waals surface area contributed by atoms with E-state index in [2.05, 4.69) is 15.0 Å². The molecule has 0 aliphatic heterocycles. The fraction of sp³-hybridized carbons (Fsp3) is 0.412. The van der Waals surface area contributed by atoms with Crippen LogP contribution >= 0.6 is 0 Å². The second-order valence-corrected chi connectivity index (χ2v) is 5.71. The number of halogens is 3. The lowest BCUT2D eigenvalue weighted by molar-refractivity contribution is -0.141. The van der Waals surface area contributed by atoms with E-state index in [1.54, 1.807) is 0 Å². The molecule has 2 aromatic heterocycles. The van der Waals surface area contributed by atoms with Crippen molar-refractivity contribution >= 4 is 5.91 Å². The summed E-state index contributed by atoms with van der Waals surface area (Å²) in [6.45, 7) is 2.32. The van der Waals surface area contributed by atoms with E-state index in [1.165, 1.54) is 29.6 Å². The van der Waals surface area contributed by atoms with Gasteiger partial charge in [0.2, 0.25) is 5.91 Å². The summed E-state index contributed by atoms with van der Waals surface area (Å²) in [6.07, 6.45) is 0.439. The van der Waals surface area contributed by atoms with Gasteiger partial charge in [-0.1, -0.05) is 13.0 Å². The summed E-state index contributed by atoms with van der Waals surface area (Å²) < 4.78 is 37.6. The number of amides is 1. The van der Waals surface area contributed by atoms with E-state index in [-0.39, 0.29) is 18.9 Å². The SMILES string of the molecule is CCCN(CC(O)c1cnccn1)C(=O)Cc1ccc(C(F)(F)F)nc1. The molecule has 26 heavy (non-hydrogen) atoms. The molecule has 1 N–H and O–H groups in total. The number of nitrogens with zero attached hydrogens (tertiary/aromatic N) is 4. The summed E-state index contributed by atoms with van der Waals surface area (Å²) in [7, 11) is 0. The molecule has 1 unspecified atom stereocenters. The van der Waals surface area contributed by atoms with Gasteiger partial charge in [0.1, 0.15) is 11.8 Å². The Morgan fingerprint density at radius 2 is 2.00 bits per heavy atom. The molecule has 0 saturated carbocycles. The minimum atomic E-state index is -4.52. The fourth-order valence-electron chi connectivity index (χ4n) is 2.36. The van der Waals surface area contributed by atoms with Gasteiger partial charge in [0.05, 0.1) is 24.9 Å². The third kappa shape index (κ3) is 5.48. The van der Waals surface area contributed by atoms with E-state index in [9.17, 15) is 23.1 Å². The average molecular weight is 368 g/mol. The molecule has 140 valence electrons. The first-order valence-electron chi connectivity index (χ1n) is 8.05. The Morgan fingerprint density at radius 1 is 1.23 bits per heavy atom. The lowest BCUT2D eigenvalue weighted by Gasteiger charge is -2.24. The number of aliphatic hydroxyl groups is 1. The molecule has 0 radical (unpaired) electrons. The third-order valence-corrected chi connectivity index (χ3v) is 3.63. The van der Waals surface area contributed by atoms with Crippen molar-refractivity contribution in [2.45, 2.75) is 32.0 Å². The van der Waals surface area contributed by atoms with E-state index in [1.807, 2.05) is 6.92 Å². The normalized spacial score (nSPS) is 12.7. The number of hydrogen-bond acceptors (Lipinski definition) is 5. The number of pyridine rings is 1. The number of alkyl halides is 3. The van der Waals surface area contributed by atoms with Crippen molar-refractivity contribution in [3.63, 3.8) is 0 Å². The maximum atomic E-state index is 12.5. The second-order valence-electron chi connectivity index (χ2n) is 5.71. The summed E-state index contributed by atoms with van der Waals surface area (Å²) in [6, 6.07) is 2.08.